The third kappa shape index (κ3) is 2.93. The highest BCUT2D eigenvalue weighted by Crippen LogP contribution is 2.53. The van der Waals surface area contributed by atoms with Gasteiger partial charge in [-0.3, -0.25) is 0 Å². The number of hydrogen-bond acceptors (Lipinski definition) is 3. The Morgan fingerprint density at radius 2 is 1.90 bits per heavy atom. The van der Waals surface area contributed by atoms with Gasteiger partial charge in [0.1, 0.15) is 0 Å². The normalized spacial score (nSPS) is 13.0. The summed E-state index contributed by atoms with van der Waals surface area (Å²) in [5, 5.41) is 0. The van der Waals surface area contributed by atoms with Crippen molar-refractivity contribution in [1.82, 2.24) is 0 Å². The van der Waals surface area contributed by atoms with Crippen molar-refractivity contribution in [1.29, 1.82) is 0 Å². The number of rotatable bonds is 2. The van der Waals surface area contributed by atoms with Crippen molar-refractivity contribution in [3.05, 3.63) is 30.3 Å². The van der Waals surface area contributed by atoms with Crippen molar-refractivity contribution < 1.29 is 4.89 Å². The van der Waals surface area contributed by atoms with Crippen LogP contribution in [0.5, 0.6) is 0 Å². The zero-order chi connectivity index (χ0) is 7.40. The molecule has 1 unspecified atom stereocenters. The van der Waals surface area contributed by atoms with E-state index >= 15 is 0 Å². The van der Waals surface area contributed by atoms with Crippen LogP contribution in [0.4, 0.5) is 0 Å². The van der Waals surface area contributed by atoms with Crippen LogP contribution in [0.3, 0.4) is 0 Å². The van der Waals surface area contributed by atoms with Gasteiger partial charge < -0.3 is 4.89 Å². The van der Waals surface area contributed by atoms with E-state index in [1.807, 2.05) is 30.3 Å². The second kappa shape index (κ2) is 4.24. The molecule has 0 aliphatic rings. The van der Waals surface area contributed by atoms with E-state index in [1.165, 1.54) is 11.4 Å². The molecular formula is C6H7OPS2. The van der Waals surface area contributed by atoms with Crippen molar-refractivity contribution in [2.75, 3.05) is 0 Å². The summed E-state index contributed by atoms with van der Waals surface area (Å²) in [4.78, 5) is 9.96. The van der Waals surface area contributed by atoms with E-state index in [4.69, 9.17) is 4.89 Å². The van der Waals surface area contributed by atoms with Gasteiger partial charge in [-0.05, 0) is 12.1 Å². The molecular weight excluding hydrogens is 183 g/mol. The van der Waals surface area contributed by atoms with Gasteiger partial charge in [-0.2, -0.15) is 0 Å². The van der Waals surface area contributed by atoms with E-state index in [2.05, 4.69) is 12.2 Å². The van der Waals surface area contributed by atoms with Crippen LogP contribution in [0.15, 0.2) is 35.2 Å². The lowest BCUT2D eigenvalue weighted by atomic mass is 10.4. The zero-order valence-corrected chi connectivity index (χ0v) is 7.74. The van der Waals surface area contributed by atoms with E-state index in [0.29, 0.717) is 0 Å². The summed E-state index contributed by atoms with van der Waals surface area (Å²) >= 11 is 5.28. The highest BCUT2D eigenvalue weighted by molar-refractivity contribution is 8.81. The number of thiol groups is 1. The molecule has 1 aromatic carbocycles. The predicted octanol–water partition coefficient (Wildman–Crippen LogP) is 2.93. The summed E-state index contributed by atoms with van der Waals surface area (Å²) < 4.78 is 0. The lowest BCUT2D eigenvalue weighted by Crippen LogP contribution is -1.63. The topological polar surface area (TPSA) is 20.2 Å². The first-order valence-electron chi connectivity index (χ1n) is 2.70. The van der Waals surface area contributed by atoms with Crippen LogP contribution in [-0.4, -0.2) is 4.89 Å². The highest BCUT2D eigenvalue weighted by Gasteiger charge is 1.97. The average molecular weight is 190 g/mol. The van der Waals surface area contributed by atoms with Gasteiger partial charge >= 0.3 is 0 Å². The third-order valence-electron chi connectivity index (χ3n) is 0.930. The first-order chi connectivity index (χ1) is 4.79. The van der Waals surface area contributed by atoms with E-state index < -0.39 is 6.55 Å². The molecule has 0 heterocycles. The summed E-state index contributed by atoms with van der Waals surface area (Å²) in [5.41, 5.74) is 0. The SMILES string of the molecule is OP(S)Sc1ccccc1. The first kappa shape index (κ1) is 8.41. The Morgan fingerprint density at radius 3 is 2.40 bits per heavy atom. The molecule has 4 heteroatoms. The van der Waals surface area contributed by atoms with Gasteiger partial charge in [0.2, 0.25) is 0 Å². The molecule has 1 nitrogen and oxygen atoms in total. The van der Waals surface area contributed by atoms with Gasteiger partial charge in [-0.25, -0.2) is 0 Å². The summed E-state index contributed by atoms with van der Waals surface area (Å²) in [6, 6.07) is 9.73. The molecule has 0 spiro atoms. The van der Waals surface area contributed by atoms with Crippen LogP contribution >= 0.6 is 30.2 Å². The third-order valence-corrected chi connectivity index (χ3v) is 3.43. The van der Waals surface area contributed by atoms with Crippen LogP contribution in [-0.2, 0) is 0 Å². The summed E-state index contributed by atoms with van der Waals surface area (Å²) in [6.45, 7) is -1.17. The lowest BCUT2D eigenvalue weighted by molar-refractivity contribution is 0.656. The molecule has 0 radical (unpaired) electrons. The molecule has 1 atom stereocenters. The number of hydrogen-bond donors (Lipinski definition) is 2. The summed E-state index contributed by atoms with van der Waals surface area (Å²) in [5.74, 6) is 0. The molecule has 0 saturated heterocycles. The fourth-order valence-corrected chi connectivity index (χ4v) is 2.82. The molecule has 0 aromatic heterocycles. The van der Waals surface area contributed by atoms with E-state index in [9.17, 15) is 0 Å². The Kier molecular flexibility index (Phi) is 3.57. The standard InChI is InChI=1S/C6H7OPS2/c7-8(9)10-6-4-2-1-3-5-6/h1-5,7,9H. The van der Waals surface area contributed by atoms with Crippen molar-refractivity contribution in [2.24, 2.45) is 0 Å². The smallest absolute Gasteiger partial charge is 0.150 e. The van der Waals surface area contributed by atoms with Crippen LogP contribution in [0.2, 0.25) is 0 Å². The second-order valence-electron chi connectivity index (χ2n) is 1.66. The Bertz CT molecular complexity index is 190. The highest BCUT2D eigenvalue weighted by atomic mass is 33.1. The maximum atomic E-state index is 8.90. The number of benzene rings is 1. The van der Waals surface area contributed by atoms with E-state index in [0.717, 1.165) is 4.90 Å². The summed E-state index contributed by atoms with van der Waals surface area (Å²) in [6.07, 6.45) is 0. The van der Waals surface area contributed by atoms with Crippen LogP contribution in [0.25, 0.3) is 0 Å². The minimum atomic E-state index is -1.17. The van der Waals surface area contributed by atoms with Gasteiger partial charge in [-0.1, -0.05) is 29.6 Å². The second-order valence-corrected chi connectivity index (χ2v) is 6.35. The molecule has 0 aliphatic carbocycles. The van der Waals surface area contributed by atoms with Crippen molar-refractivity contribution in [2.45, 2.75) is 4.90 Å². The van der Waals surface area contributed by atoms with Crippen LogP contribution in [0, 0.1) is 0 Å². The molecule has 0 bridgehead atoms. The van der Waals surface area contributed by atoms with Gasteiger partial charge in [0, 0.05) is 4.90 Å². The maximum absolute atomic E-state index is 8.90. The van der Waals surface area contributed by atoms with Gasteiger partial charge in [0.15, 0.2) is 6.55 Å². The van der Waals surface area contributed by atoms with Gasteiger partial charge in [0.05, 0.1) is 0 Å². The van der Waals surface area contributed by atoms with Crippen molar-refractivity contribution in [3.8, 4) is 0 Å². The molecule has 0 saturated carbocycles. The molecule has 1 rings (SSSR count). The maximum Gasteiger partial charge on any atom is 0.150 e. The molecule has 0 fully saturated rings. The van der Waals surface area contributed by atoms with Crippen LogP contribution < -0.4 is 0 Å². The first-order valence-corrected chi connectivity index (χ1v) is 6.57. The molecule has 1 aromatic rings. The summed E-state index contributed by atoms with van der Waals surface area (Å²) in [7, 11) is 0. The van der Waals surface area contributed by atoms with Crippen molar-refractivity contribution in [3.63, 3.8) is 0 Å². The average Bonchev–Trinajstić information content (AvgIpc) is 1.88. The fourth-order valence-electron chi connectivity index (χ4n) is 0.576. The Labute approximate surface area is 70.6 Å². The Hall–Kier alpha value is 0.310. The Balaban J connectivity index is 2.59. The molecule has 0 aliphatic heterocycles. The monoisotopic (exact) mass is 190 g/mol. The van der Waals surface area contributed by atoms with Gasteiger partial charge in [0.25, 0.3) is 0 Å². The molecule has 1 N–H and O–H groups in total. The van der Waals surface area contributed by atoms with Crippen molar-refractivity contribution >= 4 is 30.2 Å². The largest absolute Gasteiger partial charge is 0.355 e. The Morgan fingerprint density at radius 1 is 1.30 bits per heavy atom. The minimum absolute atomic E-state index is 1.06. The fraction of sp³-hybridized carbons (Fsp3) is 0. The predicted molar refractivity (Wildman–Crippen MR) is 50.4 cm³/mol. The molecule has 0 amide bonds. The van der Waals surface area contributed by atoms with Gasteiger partial charge in [-0.15, -0.1) is 12.2 Å². The molecule has 54 valence electrons. The quantitative estimate of drug-likeness (QED) is 0.552. The minimum Gasteiger partial charge on any atom is -0.355 e. The molecule has 10 heavy (non-hydrogen) atoms. The zero-order valence-electron chi connectivity index (χ0n) is 5.14. The van der Waals surface area contributed by atoms with Crippen LogP contribution in [0.1, 0.15) is 0 Å². The lowest BCUT2D eigenvalue weighted by Gasteiger charge is -1.99. The van der Waals surface area contributed by atoms with E-state index in [1.54, 1.807) is 0 Å². The van der Waals surface area contributed by atoms with E-state index in [-0.39, 0.29) is 0 Å².